The lowest BCUT2D eigenvalue weighted by atomic mass is 9.98. The molecular weight excluding hydrogens is 246 g/mol. The summed E-state index contributed by atoms with van der Waals surface area (Å²) in [6, 6.07) is 0.378. The monoisotopic (exact) mass is 267 g/mol. The van der Waals surface area contributed by atoms with Crippen LogP contribution in [0.3, 0.4) is 0 Å². The van der Waals surface area contributed by atoms with Gasteiger partial charge in [0, 0.05) is 4.98 Å². The normalized spacial score (nSPS) is 21.2. The summed E-state index contributed by atoms with van der Waals surface area (Å²) in [6.07, 6.45) is 8.56. The summed E-state index contributed by atoms with van der Waals surface area (Å²) < 4.78 is 7.52. The van der Waals surface area contributed by atoms with Gasteiger partial charge in [-0.15, -0.1) is 0 Å². The Labute approximate surface area is 112 Å². The zero-order chi connectivity index (χ0) is 13.9. The molecule has 0 aromatic carbocycles. The van der Waals surface area contributed by atoms with E-state index in [-0.39, 0.29) is 11.4 Å². The van der Waals surface area contributed by atoms with E-state index in [1.165, 1.54) is 31.9 Å². The predicted molar refractivity (Wildman–Crippen MR) is 71.3 cm³/mol. The molecule has 0 aliphatic carbocycles. The summed E-state index contributed by atoms with van der Waals surface area (Å²) in [5, 5.41) is 10.6. The Kier molecular flexibility index (Phi) is 4.07. The lowest BCUT2D eigenvalue weighted by Crippen LogP contribution is -2.31. The summed E-state index contributed by atoms with van der Waals surface area (Å²) >= 11 is 0. The van der Waals surface area contributed by atoms with Gasteiger partial charge >= 0.3 is 11.8 Å². The minimum atomic E-state index is -0.489. The van der Waals surface area contributed by atoms with Crippen molar-refractivity contribution in [2.24, 2.45) is 0 Å². The van der Waals surface area contributed by atoms with Gasteiger partial charge in [0.2, 0.25) is 0 Å². The summed E-state index contributed by atoms with van der Waals surface area (Å²) in [5.74, 6) is -0.139. The molecule has 0 unspecified atom stereocenters. The van der Waals surface area contributed by atoms with Crippen LogP contribution in [0.25, 0.3) is 0 Å². The first kappa shape index (κ1) is 13.8. The minimum Gasteiger partial charge on any atom is -0.438 e. The molecule has 6 nitrogen and oxygen atoms in total. The quantitative estimate of drug-likeness (QED) is 0.431. The second kappa shape index (κ2) is 5.59. The first-order valence-corrected chi connectivity index (χ1v) is 6.95. The molecule has 0 saturated carbocycles. The maximum atomic E-state index is 10.6. The molecule has 0 bridgehead atoms. The molecular formula is C13H21N3O3. The van der Waals surface area contributed by atoms with Gasteiger partial charge in [0.15, 0.2) is 0 Å². The van der Waals surface area contributed by atoms with Crippen LogP contribution in [0.2, 0.25) is 0 Å². The molecule has 19 heavy (non-hydrogen) atoms. The Morgan fingerprint density at radius 1 is 1.47 bits per heavy atom. The minimum absolute atomic E-state index is 0.139. The van der Waals surface area contributed by atoms with Gasteiger partial charge in [-0.2, -0.15) is 0 Å². The summed E-state index contributed by atoms with van der Waals surface area (Å²) in [5.41, 5.74) is -0.260. The van der Waals surface area contributed by atoms with Gasteiger partial charge in [-0.1, -0.05) is 32.6 Å². The van der Waals surface area contributed by atoms with Gasteiger partial charge < -0.3 is 14.9 Å². The number of imidazole rings is 1. The van der Waals surface area contributed by atoms with Crippen molar-refractivity contribution in [1.82, 2.24) is 9.55 Å². The Morgan fingerprint density at radius 2 is 2.21 bits per heavy atom. The third kappa shape index (κ3) is 3.24. The van der Waals surface area contributed by atoms with Crippen LogP contribution >= 0.6 is 0 Å². The first-order valence-electron chi connectivity index (χ1n) is 6.95. The van der Waals surface area contributed by atoms with Crippen molar-refractivity contribution >= 4 is 5.82 Å². The highest BCUT2D eigenvalue weighted by Crippen LogP contribution is 2.33. The molecule has 0 fully saturated rings. The Bertz CT molecular complexity index is 432. The second-order valence-corrected chi connectivity index (χ2v) is 5.48. The van der Waals surface area contributed by atoms with Crippen LogP contribution in [-0.4, -0.2) is 20.1 Å². The maximum Gasteiger partial charge on any atom is 0.414 e. The fourth-order valence-corrected chi connectivity index (χ4v) is 2.51. The Hall–Kier alpha value is -1.59. The third-order valence-electron chi connectivity index (χ3n) is 3.57. The molecule has 1 aliphatic heterocycles. The average molecular weight is 267 g/mol. The molecule has 1 atom stereocenters. The lowest BCUT2D eigenvalue weighted by molar-refractivity contribution is -0.389. The SMILES string of the molecule is CCCCCCC[C@@]1(C)Cn2cc([N+](=O)[O-])nc2O1. The molecule has 6 heteroatoms. The van der Waals surface area contributed by atoms with Crippen LogP contribution in [0, 0.1) is 10.1 Å². The van der Waals surface area contributed by atoms with Gasteiger partial charge in [0.05, 0.1) is 6.54 Å². The number of hydrogen-bond donors (Lipinski definition) is 0. The molecule has 0 radical (unpaired) electrons. The van der Waals surface area contributed by atoms with E-state index in [4.69, 9.17) is 4.74 Å². The van der Waals surface area contributed by atoms with Crippen LogP contribution in [-0.2, 0) is 6.54 Å². The number of hydrogen-bond acceptors (Lipinski definition) is 4. The van der Waals surface area contributed by atoms with E-state index in [0.29, 0.717) is 12.6 Å². The van der Waals surface area contributed by atoms with Crippen LogP contribution in [0.4, 0.5) is 5.82 Å². The standard InChI is InChI=1S/C13H21N3O3/c1-3-4-5-6-7-8-13(2)10-15-9-11(16(17)18)14-12(15)19-13/h9H,3-8,10H2,1-2H3/t13-/m0/s1. The summed E-state index contributed by atoms with van der Waals surface area (Å²) in [7, 11) is 0. The van der Waals surface area contributed by atoms with Crippen molar-refractivity contribution in [2.45, 2.75) is 64.5 Å². The number of aromatic nitrogens is 2. The highest BCUT2D eigenvalue weighted by atomic mass is 16.6. The zero-order valence-electron chi connectivity index (χ0n) is 11.6. The van der Waals surface area contributed by atoms with Crippen molar-refractivity contribution in [3.8, 4) is 6.01 Å². The summed E-state index contributed by atoms with van der Waals surface area (Å²) in [4.78, 5) is 14.0. The highest BCUT2D eigenvalue weighted by Gasteiger charge is 2.39. The third-order valence-corrected chi connectivity index (χ3v) is 3.57. The second-order valence-electron chi connectivity index (χ2n) is 5.48. The van der Waals surface area contributed by atoms with Crippen molar-refractivity contribution in [2.75, 3.05) is 0 Å². The van der Waals surface area contributed by atoms with E-state index < -0.39 is 4.92 Å². The zero-order valence-corrected chi connectivity index (χ0v) is 11.6. The number of nitro groups is 1. The maximum absolute atomic E-state index is 10.6. The number of fused-ring (bicyclic) bond motifs is 1. The van der Waals surface area contributed by atoms with Crippen LogP contribution in [0.1, 0.15) is 52.4 Å². The van der Waals surface area contributed by atoms with Gasteiger partial charge in [-0.05, 0) is 24.7 Å². The van der Waals surface area contributed by atoms with Crippen molar-refractivity contribution in [1.29, 1.82) is 0 Å². The van der Waals surface area contributed by atoms with Crippen LogP contribution in [0.5, 0.6) is 6.01 Å². The smallest absolute Gasteiger partial charge is 0.414 e. The molecule has 1 aliphatic rings. The average Bonchev–Trinajstić information content (AvgIpc) is 2.84. The van der Waals surface area contributed by atoms with Crippen molar-refractivity contribution in [3.63, 3.8) is 0 Å². The van der Waals surface area contributed by atoms with Crippen molar-refractivity contribution in [3.05, 3.63) is 16.3 Å². The van der Waals surface area contributed by atoms with Gasteiger partial charge in [-0.25, -0.2) is 0 Å². The topological polar surface area (TPSA) is 70.2 Å². The largest absolute Gasteiger partial charge is 0.438 e. The molecule has 1 aromatic rings. The molecule has 0 N–H and O–H groups in total. The molecule has 0 saturated heterocycles. The molecule has 106 valence electrons. The first-order chi connectivity index (χ1) is 9.04. The van der Waals surface area contributed by atoms with Crippen LogP contribution < -0.4 is 4.74 Å². The molecule has 2 heterocycles. The van der Waals surface area contributed by atoms with E-state index in [1.807, 2.05) is 6.92 Å². The molecule has 2 rings (SSSR count). The van der Waals surface area contributed by atoms with Crippen molar-refractivity contribution < 1.29 is 9.66 Å². The van der Waals surface area contributed by atoms with E-state index in [0.717, 1.165) is 12.8 Å². The van der Waals surface area contributed by atoms with E-state index in [9.17, 15) is 10.1 Å². The number of nitrogens with zero attached hydrogens (tertiary/aromatic N) is 3. The number of rotatable bonds is 7. The molecule has 1 aromatic heterocycles. The van der Waals surface area contributed by atoms with Gasteiger partial charge in [-0.3, -0.25) is 4.57 Å². The van der Waals surface area contributed by atoms with E-state index >= 15 is 0 Å². The van der Waals surface area contributed by atoms with E-state index in [1.54, 1.807) is 4.57 Å². The Balaban J connectivity index is 1.84. The summed E-state index contributed by atoms with van der Waals surface area (Å²) in [6.45, 7) is 4.90. The van der Waals surface area contributed by atoms with E-state index in [2.05, 4.69) is 11.9 Å². The molecule has 0 spiro atoms. The van der Waals surface area contributed by atoms with Gasteiger partial charge in [0.25, 0.3) is 0 Å². The predicted octanol–water partition coefficient (Wildman–Crippen LogP) is 3.30. The number of ether oxygens (including phenoxy) is 1. The van der Waals surface area contributed by atoms with Crippen LogP contribution in [0.15, 0.2) is 6.20 Å². The lowest BCUT2D eigenvalue weighted by Gasteiger charge is -2.21. The number of unbranched alkanes of at least 4 members (excludes halogenated alkanes) is 4. The fourth-order valence-electron chi connectivity index (χ4n) is 2.51. The highest BCUT2D eigenvalue weighted by molar-refractivity contribution is 5.23. The fraction of sp³-hybridized carbons (Fsp3) is 0.769. The van der Waals surface area contributed by atoms with Gasteiger partial charge in [0.1, 0.15) is 11.8 Å². The molecule has 0 amide bonds. The Morgan fingerprint density at radius 3 is 2.84 bits per heavy atom.